The molecule has 190 valence electrons. The Kier molecular flexibility index (Phi) is 8.20. The van der Waals surface area contributed by atoms with E-state index >= 15 is 0 Å². The Morgan fingerprint density at radius 1 is 1.19 bits per heavy atom. The van der Waals surface area contributed by atoms with Crippen molar-refractivity contribution in [2.75, 3.05) is 38.3 Å². The standard InChI is InChI=1S/C26H29N3O5S2/c1-4-14-28(15-5-2)36(31,32)22-11-8-19(9-12-22)25(30)29(18-21-7-6-16-34-21)26-27-23-17-20(33-3)10-13-24(23)35-26/h4-5,8-13,17,21H,1-2,6-7,14-16,18H2,3H3. The topological polar surface area (TPSA) is 89.0 Å². The molecule has 0 spiro atoms. The molecule has 3 aromatic rings. The van der Waals surface area contributed by atoms with Crippen LogP contribution in [0.5, 0.6) is 5.75 Å². The molecule has 1 atom stereocenters. The van der Waals surface area contributed by atoms with E-state index < -0.39 is 10.0 Å². The molecular formula is C26H29N3O5S2. The molecular weight excluding hydrogens is 498 g/mol. The summed E-state index contributed by atoms with van der Waals surface area (Å²) >= 11 is 1.41. The maximum absolute atomic E-state index is 13.7. The van der Waals surface area contributed by atoms with Crippen LogP contribution in [0.2, 0.25) is 0 Å². The fourth-order valence-electron chi connectivity index (χ4n) is 4.01. The molecule has 1 saturated heterocycles. The van der Waals surface area contributed by atoms with Crippen LogP contribution in [-0.2, 0) is 14.8 Å². The second-order valence-electron chi connectivity index (χ2n) is 8.30. The highest BCUT2D eigenvalue weighted by atomic mass is 32.2. The molecule has 1 aliphatic heterocycles. The Balaban J connectivity index is 1.64. The van der Waals surface area contributed by atoms with Crippen LogP contribution in [0, 0.1) is 0 Å². The first-order valence-corrected chi connectivity index (χ1v) is 13.8. The number of ether oxygens (including phenoxy) is 2. The van der Waals surface area contributed by atoms with Gasteiger partial charge in [-0.05, 0) is 49.2 Å². The van der Waals surface area contributed by atoms with Crippen molar-refractivity contribution in [3.05, 3.63) is 73.3 Å². The molecule has 0 bridgehead atoms. The van der Waals surface area contributed by atoms with Gasteiger partial charge in [-0.2, -0.15) is 4.31 Å². The molecule has 1 aromatic heterocycles. The van der Waals surface area contributed by atoms with Crippen molar-refractivity contribution in [3.63, 3.8) is 0 Å². The van der Waals surface area contributed by atoms with Crippen LogP contribution < -0.4 is 9.64 Å². The Labute approximate surface area is 215 Å². The summed E-state index contributed by atoms with van der Waals surface area (Å²) in [7, 11) is -2.16. The minimum absolute atomic E-state index is 0.0819. The second kappa shape index (κ2) is 11.3. The van der Waals surface area contributed by atoms with Gasteiger partial charge in [-0.3, -0.25) is 9.69 Å². The molecule has 36 heavy (non-hydrogen) atoms. The molecule has 0 aliphatic carbocycles. The van der Waals surface area contributed by atoms with Gasteiger partial charge in [0.25, 0.3) is 5.91 Å². The number of methoxy groups -OCH3 is 1. The molecule has 10 heteroatoms. The normalized spacial score (nSPS) is 15.8. The maximum atomic E-state index is 13.7. The third-order valence-electron chi connectivity index (χ3n) is 5.87. The molecule has 0 radical (unpaired) electrons. The van der Waals surface area contributed by atoms with Gasteiger partial charge in [0, 0.05) is 31.3 Å². The van der Waals surface area contributed by atoms with Gasteiger partial charge in [0.1, 0.15) is 5.75 Å². The van der Waals surface area contributed by atoms with Gasteiger partial charge < -0.3 is 9.47 Å². The summed E-state index contributed by atoms with van der Waals surface area (Å²) < 4.78 is 39.4. The Bertz CT molecular complexity index is 1340. The molecule has 2 heterocycles. The molecule has 1 aliphatic rings. The highest BCUT2D eigenvalue weighted by molar-refractivity contribution is 7.89. The van der Waals surface area contributed by atoms with Crippen LogP contribution in [0.15, 0.2) is 72.7 Å². The zero-order chi connectivity index (χ0) is 25.7. The van der Waals surface area contributed by atoms with Crippen molar-refractivity contribution in [3.8, 4) is 5.75 Å². The summed E-state index contributed by atoms with van der Waals surface area (Å²) in [5, 5.41) is 0.554. The summed E-state index contributed by atoms with van der Waals surface area (Å²) in [4.78, 5) is 20.1. The number of aromatic nitrogens is 1. The average Bonchev–Trinajstić information content (AvgIpc) is 3.56. The predicted octanol–water partition coefficient (Wildman–Crippen LogP) is 4.49. The number of nitrogens with zero attached hydrogens (tertiary/aromatic N) is 3. The van der Waals surface area contributed by atoms with Crippen LogP contribution in [-0.4, -0.2) is 63.1 Å². The third-order valence-corrected chi connectivity index (χ3v) is 8.78. The van der Waals surface area contributed by atoms with Crippen LogP contribution in [0.4, 0.5) is 5.13 Å². The number of amides is 1. The van der Waals surface area contributed by atoms with Crippen molar-refractivity contribution in [2.24, 2.45) is 0 Å². The van der Waals surface area contributed by atoms with E-state index in [4.69, 9.17) is 14.5 Å². The number of benzene rings is 2. The molecule has 0 saturated carbocycles. The molecule has 2 aromatic carbocycles. The van der Waals surface area contributed by atoms with Gasteiger partial charge in [0.15, 0.2) is 5.13 Å². The summed E-state index contributed by atoms with van der Waals surface area (Å²) in [5.41, 5.74) is 1.10. The van der Waals surface area contributed by atoms with Gasteiger partial charge in [-0.1, -0.05) is 23.5 Å². The van der Waals surface area contributed by atoms with Crippen LogP contribution >= 0.6 is 11.3 Å². The largest absolute Gasteiger partial charge is 0.497 e. The average molecular weight is 528 g/mol. The minimum Gasteiger partial charge on any atom is -0.497 e. The number of hydrogen-bond acceptors (Lipinski definition) is 7. The number of carbonyl (C=O) groups excluding carboxylic acids is 1. The van der Waals surface area contributed by atoms with Gasteiger partial charge >= 0.3 is 0 Å². The lowest BCUT2D eigenvalue weighted by Crippen LogP contribution is -2.37. The fraction of sp³-hybridized carbons (Fsp3) is 0.308. The number of carbonyl (C=O) groups is 1. The lowest BCUT2D eigenvalue weighted by Gasteiger charge is -2.23. The predicted molar refractivity (Wildman–Crippen MR) is 142 cm³/mol. The summed E-state index contributed by atoms with van der Waals surface area (Å²) in [6.45, 7) is 8.61. The molecule has 1 unspecified atom stereocenters. The highest BCUT2D eigenvalue weighted by Crippen LogP contribution is 2.33. The fourth-order valence-corrected chi connectivity index (χ4v) is 6.35. The van der Waals surface area contributed by atoms with Crippen molar-refractivity contribution in [1.82, 2.24) is 9.29 Å². The van der Waals surface area contributed by atoms with Crippen molar-refractivity contribution in [1.29, 1.82) is 0 Å². The second-order valence-corrected chi connectivity index (χ2v) is 11.3. The van der Waals surface area contributed by atoms with E-state index in [1.807, 2.05) is 18.2 Å². The van der Waals surface area contributed by atoms with E-state index in [-0.39, 0.29) is 30.0 Å². The van der Waals surface area contributed by atoms with Crippen molar-refractivity contribution in [2.45, 2.75) is 23.8 Å². The first-order valence-electron chi connectivity index (χ1n) is 11.6. The van der Waals surface area contributed by atoms with Crippen molar-refractivity contribution < 1.29 is 22.7 Å². The van der Waals surface area contributed by atoms with E-state index in [1.165, 1.54) is 52.1 Å². The van der Waals surface area contributed by atoms with Gasteiger partial charge in [0.2, 0.25) is 10.0 Å². The number of anilines is 1. The number of rotatable bonds is 11. The van der Waals surface area contributed by atoms with Gasteiger partial charge in [0.05, 0.1) is 34.9 Å². The quantitative estimate of drug-likeness (QED) is 0.341. The van der Waals surface area contributed by atoms with Gasteiger partial charge in [-0.15, -0.1) is 13.2 Å². The third kappa shape index (κ3) is 5.52. The first kappa shape index (κ1) is 26.0. The minimum atomic E-state index is -3.76. The summed E-state index contributed by atoms with van der Waals surface area (Å²) in [6, 6.07) is 11.6. The van der Waals surface area contributed by atoms with E-state index in [9.17, 15) is 13.2 Å². The summed E-state index contributed by atoms with van der Waals surface area (Å²) in [6.07, 6.45) is 4.77. The number of hydrogen-bond donors (Lipinski definition) is 0. The Hall–Kier alpha value is -3.05. The van der Waals surface area contributed by atoms with E-state index in [0.717, 1.165) is 23.1 Å². The van der Waals surface area contributed by atoms with E-state index in [0.29, 0.717) is 29.6 Å². The maximum Gasteiger partial charge on any atom is 0.260 e. The molecule has 4 rings (SSSR count). The van der Waals surface area contributed by atoms with Crippen molar-refractivity contribution >= 4 is 42.6 Å². The Morgan fingerprint density at radius 3 is 2.53 bits per heavy atom. The van der Waals surface area contributed by atoms with Crippen LogP contribution in [0.3, 0.4) is 0 Å². The monoisotopic (exact) mass is 527 g/mol. The lowest BCUT2D eigenvalue weighted by molar-refractivity contribution is 0.0917. The number of fused-ring (bicyclic) bond motifs is 1. The molecule has 8 nitrogen and oxygen atoms in total. The number of sulfonamides is 1. The molecule has 0 N–H and O–H groups in total. The van der Waals surface area contributed by atoms with Gasteiger partial charge in [-0.25, -0.2) is 13.4 Å². The molecule has 1 amide bonds. The van der Waals surface area contributed by atoms with E-state index in [1.54, 1.807) is 12.0 Å². The Morgan fingerprint density at radius 2 is 1.92 bits per heavy atom. The lowest BCUT2D eigenvalue weighted by atomic mass is 10.2. The van der Waals surface area contributed by atoms with Crippen LogP contribution in [0.1, 0.15) is 23.2 Å². The SMILES string of the molecule is C=CCN(CC=C)S(=O)(=O)c1ccc(C(=O)N(CC2CCCO2)c2nc3cc(OC)ccc3s2)cc1. The van der Waals surface area contributed by atoms with Crippen LogP contribution in [0.25, 0.3) is 10.2 Å². The zero-order valence-corrected chi connectivity index (χ0v) is 21.8. The number of thiazole rings is 1. The summed E-state index contributed by atoms with van der Waals surface area (Å²) in [5.74, 6) is 0.421. The highest BCUT2D eigenvalue weighted by Gasteiger charge is 2.28. The van der Waals surface area contributed by atoms with E-state index in [2.05, 4.69) is 13.2 Å². The smallest absolute Gasteiger partial charge is 0.260 e. The zero-order valence-electron chi connectivity index (χ0n) is 20.1. The first-order chi connectivity index (χ1) is 17.4. The molecule has 1 fully saturated rings.